The lowest BCUT2D eigenvalue weighted by Gasteiger charge is -2.15. The van der Waals surface area contributed by atoms with Crippen LogP contribution in [-0.2, 0) is 6.42 Å². The van der Waals surface area contributed by atoms with E-state index in [0.717, 1.165) is 12.0 Å². The summed E-state index contributed by atoms with van der Waals surface area (Å²) in [7, 11) is 0. The number of benzene rings is 1. The molecule has 0 aliphatic rings. The summed E-state index contributed by atoms with van der Waals surface area (Å²) in [6.07, 6.45) is 2.84. The van der Waals surface area contributed by atoms with Gasteiger partial charge in [-0.2, -0.15) is 0 Å². The van der Waals surface area contributed by atoms with Crippen molar-refractivity contribution in [1.29, 1.82) is 0 Å². The fraction of sp³-hybridized carbons (Fsp3) is 0.375. The van der Waals surface area contributed by atoms with Gasteiger partial charge in [-0.3, -0.25) is 0 Å². The standard InChI is InChI=1S/C16H19F2N3/c1-4-6-11-15(20-9-21-16(11)19-5-2)13-12(17)8-7-10(3)14(13)18/h7-9H,4-6H2,1-3H3,(H,19,20,21). The molecule has 5 heteroatoms. The van der Waals surface area contributed by atoms with E-state index in [-0.39, 0.29) is 5.56 Å². The molecule has 0 atom stereocenters. The molecule has 3 nitrogen and oxygen atoms in total. The van der Waals surface area contributed by atoms with Gasteiger partial charge in [0, 0.05) is 12.1 Å². The van der Waals surface area contributed by atoms with E-state index in [1.807, 2.05) is 13.8 Å². The molecule has 0 fully saturated rings. The lowest BCUT2D eigenvalue weighted by Crippen LogP contribution is -2.08. The third-order valence-electron chi connectivity index (χ3n) is 3.31. The third-order valence-corrected chi connectivity index (χ3v) is 3.31. The quantitative estimate of drug-likeness (QED) is 0.900. The lowest BCUT2D eigenvalue weighted by atomic mass is 10.00. The predicted octanol–water partition coefficient (Wildman–Crippen LogP) is 4.11. The van der Waals surface area contributed by atoms with E-state index in [0.29, 0.717) is 30.0 Å². The van der Waals surface area contributed by atoms with Gasteiger partial charge in [0.2, 0.25) is 0 Å². The first kappa shape index (κ1) is 15.4. The summed E-state index contributed by atoms with van der Waals surface area (Å²) in [6, 6.07) is 2.71. The van der Waals surface area contributed by atoms with Crippen LogP contribution in [0.1, 0.15) is 31.4 Å². The number of aryl methyl sites for hydroxylation is 1. The molecular weight excluding hydrogens is 272 g/mol. The van der Waals surface area contributed by atoms with E-state index in [1.54, 1.807) is 6.92 Å². The van der Waals surface area contributed by atoms with Crippen molar-refractivity contribution in [3.8, 4) is 11.3 Å². The van der Waals surface area contributed by atoms with Gasteiger partial charge in [-0.25, -0.2) is 18.7 Å². The maximum atomic E-state index is 14.4. The van der Waals surface area contributed by atoms with Gasteiger partial charge in [-0.1, -0.05) is 19.4 Å². The second-order valence-corrected chi connectivity index (χ2v) is 4.88. The maximum Gasteiger partial charge on any atom is 0.138 e. The van der Waals surface area contributed by atoms with Crippen molar-refractivity contribution in [2.75, 3.05) is 11.9 Å². The summed E-state index contributed by atoms with van der Waals surface area (Å²) in [5.74, 6) is -0.519. The number of hydrogen-bond donors (Lipinski definition) is 1. The molecule has 112 valence electrons. The number of halogens is 2. The Kier molecular flexibility index (Phi) is 4.83. The molecule has 0 spiro atoms. The molecule has 0 radical (unpaired) electrons. The molecule has 2 aromatic rings. The summed E-state index contributed by atoms with van der Waals surface area (Å²) >= 11 is 0. The number of anilines is 1. The zero-order chi connectivity index (χ0) is 15.4. The number of rotatable bonds is 5. The van der Waals surface area contributed by atoms with Crippen molar-refractivity contribution in [1.82, 2.24) is 9.97 Å². The Hall–Kier alpha value is -2.04. The molecule has 21 heavy (non-hydrogen) atoms. The smallest absolute Gasteiger partial charge is 0.138 e. The molecule has 0 aliphatic heterocycles. The Balaban J connectivity index is 2.69. The fourth-order valence-corrected chi connectivity index (χ4v) is 2.31. The Morgan fingerprint density at radius 2 is 1.90 bits per heavy atom. The third kappa shape index (κ3) is 3.01. The molecule has 0 aliphatic carbocycles. The zero-order valence-electron chi connectivity index (χ0n) is 12.5. The van der Waals surface area contributed by atoms with Gasteiger partial charge in [0.15, 0.2) is 0 Å². The van der Waals surface area contributed by atoms with Crippen LogP contribution in [-0.4, -0.2) is 16.5 Å². The van der Waals surface area contributed by atoms with Crippen LogP contribution in [0.25, 0.3) is 11.3 Å². The van der Waals surface area contributed by atoms with Crippen LogP contribution in [0.4, 0.5) is 14.6 Å². The first-order valence-electron chi connectivity index (χ1n) is 7.12. The minimum atomic E-state index is -0.600. The molecule has 2 rings (SSSR count). The van der Waals surface area contributed by atoms with Gasteiger partial charge in [0.25, 0.3) is 0 Å². The van der Waals surface area contributed by atoms with E-state index in [4.69, 9.17) is 0 Å². The van der Waals surface area contributed by atoms with Crippen molar-refractivity contribution in [3.05, 3.63) is 41.2 Å². The van der Waals surface area contributed by atoms with Crippen molar-refractivity contribution >= 4 is 5.82 Å². The molecular formula is C16H19F2N3. The lowest BCUT2D eigenvalue weighted by molar-refractivity contribution is 0.582. The molecule has 0 unspecified atom stereocenters. The number of aromatic nitrogens is 2. The van der Waals surface area contributed by atoms with Crippen LogP contribution in [0.3, 0.4) is 0 Å². The highest BCUT2D eigenvalue weighted by Crippen LogP contribution is 2.32. The molecule has 0 bridgehead atoms. The first-order chi connectivity index (χ1) is 10.1. The SMILES string of the molecule is CCCc1c(NCC)ncnc1-c1c(F)ccc(C)c1F. The summed E-state index contributed by atoms with van der Waals surface area (Å²) in [5.41, 5.74) is 1.42. The fourth-order valence-electron chi connectivity index (χ4n) is 2.31. The largest absolute Gasteiger partial charge is 0.370 e. The van der Waals surface area contributed by atoms with Crippen LogP contribution < -0.4 is 5.32 Å². The zero-order valence-corrected chi connectivity index (χ0v) is 12.5. The van der Waals surface area contributed by atoms with Crippen LogP contribution in [0.5, 0.6) is 0 Å². The van der Waals surface area contributed by atoms with E-state index < -0.39 is 11.6 Å². The second-order valence-electron chi connectivity index (χ2n) is 4.88. The van der Waals surface area contributed by atoms with Crippen molar-refractivity contribution in [2.45, 2.75) is 33.6 Å². The van der Waals surface area contributed by atoms with E-state index >= 15 is 0 Å². The average Bonchev–Trinajstić information content (AvgIpc) is 2.47. The Morgan fingerprint density at radius 3 is 2.57 bits per heavy atom. The molecule has 1 aromatic heterocycles. The maximum absolute atomic E-state index is 14.4. The normalized spacial score (nSPS) is 10.7. The van der Waals surface area contributed by atoms with Gasteiger partial charge < -0.3 is 5.32 Å². The first-order valence-corrected chi connectivity index (χ1v) is 7.12. The topological polar surface area (TPSA) is 37.8 Å². The highest BCUT2D eigenvalue weighted by Gasteiger charge is 2.20. The van der Waals surface area contributed by atoms with Crippen molar-refractivity contribution in [2.24, 2.45) is 0 Å². The van der Waals surface area contributed by atoms with Crippen LogP contribution in [0.15, 0.2) is 18.5 Å². The van der Waals surface area contributed by atoms with Crippen molar-refractivity contribution in [3.63, 3.8) is 0 Å². The van der Waals surface area contributed by atoms with Gasteiger partial charge >= 0.3 is 0 Å². The van der Waals surface area contributed by atoms with E-state index in [9.17, 15) is 8.78 Å². The van der Waals surface area contributed by atoms with E-state index in [1.165, 1.54) is 18.5 Å². The summed E-state index contributed by atoms with van der Waals surface area (Å²) < 4.78 is 28.5. The Bertz CT molecular complexity index is 642. The Morgan fingerprint density at radius 1 is 1.14 bits per heavy atom. The van der Waals surface area contributed by atoms with E-state index in [2.05, 4.69) is 15.3 Å². The van der Waals surface area contributed by atoms with Gasteiger partial charge in [-0.05, 0) is 31.9 Å². The number of hydrogen-bond acceptors (Lipinski definition) is 3. The number of nitrogens with one attached hydrogen (secondary N) is 1. The van der Waals surface area contributed by atoms with Crippen LogP contribution in [0, 0.1) is 18.6 Å². The van der Waals surface area contributed by atoms with Crippen molar-refractivity contribution < 1.29 is 8.78 Å². The highest BCUT2D eigenvalue weighted by atomic mass is 19.1. The average molecular weight is 291 g/mol. The van der Waals surface area contributed by atoms with Gasteiger partial charge in [0.1, 0.15) is 23.8 Å². The van der Waals surface area contributed by atoms with Gasteiger partial charge in [0.05, 0.1) is 11.3 Å². The molecule has 0 saturated heterocycles. The summed E-state index contributed by atoms with van der Waals surface area (Å²) in [6.45, 7) is 6.26. The van der Waals surface area contributed by atoms with Gasteiger partial charge in [-0.15, -0.1) is 0 Å². The molecule has 1 aromatic carbocycles. The summed E-state index contributed by atoms with van der Waals surface area (Å²) in [5, 5.41) is 3.13. The monoisotopic (exact) mass is 291 g/mol. The summed E-state index contributed by atoms with van der Waals surface area (Å²) in [4.78, 5) is 8.33. The molecule has 1 N–H and O–H groups in total. The predicted molar refractivity (Wildman–Crippen MR) is 80.3 cm³/mol. The minimum absolute atomic E-state index is 0.0694. The molecule has 1 heterocycles. The number of nitrogens with zero attached hydrogens (tertiary/aromatic N) is 2. The van der Waals surface area contributed by atoms with Crippen LogP contribution >= 0.6 is 0 Å². The second kappa shape index (κ2) is 6.61. The molecule has 0 amide bonds. The van der Waals surface area contributed by atoms with Crippen LogP contribution in [0.2, 0.25) is 0 Å². The Labute approximate surface area is 123 Å². The highest BCUT2D eigenvalue weighted by molar-refractivity contribution is 5.70. The minimum Gasteiger partial charge on any atom is -0.370 e. The molecule has 0 saturated carbocycles.